The highest BCUT2D eigenvalue weighted by molar-refractivity contribution is 5.80. The third-order valence-corrected chi connectivity index (χ3v) is 5.19. The largest absolute Gasteiger partial charge is 0.469 e. The molecule has 1 N–H and O–H groups in total. The summed E-state index contributed by atoms with van der Waals surface area (Å²) in [6, 6.07) is 3.90. The van der Waals surface area contributed by atoms with Crippen LogP contribution in [0.1, 0.15) is 25.0 Å². The van der Waals surface area contributed by atoms with Crippen LogP contribution in [0.25, 0.3) is 0 Å². The molecule has 144 valence electrons. The van der Waals surface area contributed by atoms with Crippen LogP contribution in [0.3, 0.4) is 0 Å². The van der Waals surface area contributed by atoms with Crippen LogP contribution in [0, 0.1) is 0 Å². The maximum atomic E-state index is 12.4. The minimum absolute atomic E-state index is 0.291. The maximum absolute atomic E-state index is 12.4. The lowest BCUT2D eigenvalue weighted by molar-refractivity contribution is -0.133. The SMILES string of the molecule is CN=C(NCCc1ccco1)N1CCN(CC(=O)N2CCCCC2)CC1. The van der Waals surface area contributed by atoms with E-state index < -0.39 is 0 Å². The van der Waals surface area contributed by atoms with Crippen LogP contribution in [-0.4, -0.2) is 86.0 Å². The van der Waals surface area contributed by atoms with Gasteiger partial charge in [0.15, 0.2) is 5.96 Å². The second-order valence-electron chi connectivity index (χ2n) is 7.01. The van der Waals surface area contributed by atoms with Gasteiger partial charge in [0, 0.05) is 59.3 Å². The summed E-state index contributed by atoms with van der Waals surface area (Å²) in [5, 5.41) is 3.41. The second-order valence-corrected chi connectivity index (χ2v) is 7.01. The van der Waals surface area contributed by atoms with Gasteiger partial charge in [0.1, 0.15) is 5.76 Å². The summed E-state index contributed by atoms with van der Waals surface area (Å²) in [6.07, 6.45) is 6.11. The molecule has 2 saturated heterocycles. The lowest BCUT2D eigenvalue weighted by Crippen LogP contribution is -2.54. The van der Waals surface area contributed by atoms with Crippen LogP contribution in [0.2, 0.25) is 0 Å². The number of guanidine groups is 1. The van der Waals surface area contributed by atoms with Gasteiger partial charge in [-0.15, -0.1) is 0 Å². The molecule has 3 rings (SSSR count). The lowest BCUT2D eigenvalue weighted by Gasteiger charge is -2.37. The van der Waals surface area contributed by atoms with E-state index in [0.29, 0.717) is 12.5 Å². The molecule has 2 fully saturated rings. The van der Waals surface area contributed by atoms with Crippen LogP contribution >= 0.6 is 0 Å². The number of nitrogens with one attached hydrogen (secondary N) is 1. The molecule has 1 amide bonds. The first-order valence-corrected chi connectivity index (χ1v) is 9.74. The number of hydrogen-bond acceptors (Lipinski definition) is 4. The Kier molecular flexibility index (Phi) is 6.94. The Labute approximate surface area is 156 Å². The van der Waals surface area contributed by atoms with Crippen molar-refractivity contribution in [2.45, 2.75) is 25.7 Å². The second kappa shape index (κ2) is 9.62. The van der Waals surface area contributed by atoms with Crippen molar-refractivity contribution in [2.75, 3.05) is 59.4 Å². The number of aliphatic imine (C=N–C) groups is 1. The van der Waals surface area contributed by atoms with Gasteiger partial charge in [-0.05, 0) is 31.4 Å². The molecule has 7 heteroatoms. The third-order valence-electron chi connectivity index (χ3n) is 5.19. The highest BCUT2D eigenvalue weighted by Crippen LogP contribution is 2.10. The van der Waals surface area contributed by atoms with Gasteiger partial charge >= 0.3 is 0 Å². The average Bonchev–Trinajstić information content (AvgIpc) is 3.20. The summed E-state index contributed by atoms with van der Waals surface area (Å²) in [5.41, 5.74) is 0. The van der Waals surface area contributed by atoms with Crippen LogP contribution in [-0.2, 0) is 11.2 Å². The number of piperidine rings is 1. The standard InChI is InChI=1S/C19H31N5O2/c1-20-19(21-8-7-17-6-5-15-26-17)24-13-11-22(12-14-24)16-18(25)23-9-3-2-4-10-23/h5-6,15H,2-4,7-14,16H2,1H3,(H,20,21). The van der Waals surface area contributed by atoms with Gasteiger partial charge in [-0.25, -0.2) is 0 Å². The molecule has 0 saturated carbocycles. The Morgan fingerprint density at radius 1 is 1.12 bits per heavy atom. The summed E-state index contributed by atoms with van der Waals surface area (Å²) >= 11 is 0. The maximum Gasteiger partial charge on any atom is 0.236 e. The van der Waals surface area contributed by atoms with Crippen molar-refractivity contribution < 1.29 is 9.21 Å². The first-order chi connectivity index (χ1) is 12.8. The molecule has 0 aliphatic carbocycles. The molecule has 0 spiro atoms. The fourth-order valence-electron chi connectivity index (χ4n) is 3.64. The van der Waals surface area contributed by atoms with Gasteiger partial charge in [-0.2, -0.15) is 0 Å². The van der Waals surface area contributed by atoms with Gasteiger partial charge in [-0.1, -0.05) is 0 Å². The van der Waals surface area contributed by atoms with E-state index in [-0.39, 0.29) is 0 Å². The Morgan fingerprint density at radius 2 is 1.88 bits per heavy atom. The van der Waals surface area contributed by atoms with Crippen molar-refractivity contribution >= 4 is 11.9 Å². The third kappa shape index (κ3) is 5.24. The van der Waals surface area contributed by atoms with Gasteiger partial charge in [0.2, 0.25) is 5.91 Å². The van der Waals surface area contributed by atoms with Crippen LogP contribution in [0.15, 0.2) is 27.8 Å². The number of hydrogen-bond donors (Lipinski definition) is 1. The lowest BCUT2D eigenvalue weighted by atomic mass is 10.1. The van der Waals surface area contributed by atoms with E-state index in [4.69, 9.17) is 4.42 Å². The van der Waals surface area contributed by atoms with Crippen LogP contribution in [0.4, 0.5) is 0 Å². The molecule has 0 radical (unpaired) electrons. The fraction of sp³-hybridized carbons (Fsp3) is 0.684. The van der Waals surface area contributed by atoms with Gasteiger partial charge in [0.25, 0.3) is 0 Å². The normalized spacial score (nSPS) is 19.7. The van der Waals surface area contributed by atoms with E-state index in [2.05, 4.69) is 20.1 Å². The van der Waals surface area contributed by atoms with E-state index in [1.54, 1.807) is 6.26 Å². The summed E-state index contributed by atoms with van der Waals surface area (Å²) in [6.45, 7) is 6.82. The molecule has 7 nitrogen and oxygen atoms in total. The average molecular weight is 361 g/mol. The van der Waals surface area contributed by atoms with E-state index in [9.17, 15) is 4.79 Å². The molecule has 0 bridgehead atoms. The minimum atomic E-state index is 0.291. The summed E-state index contributed by atoms with van der Waals surface area (Å²) < 4.78 is 5.36. The molecule has 3 heterocycles. The molecule has 26 heavy (non-hydrogen) atoms. The first-order valence-electron chi connectivity index (χ1n) is 9.74. The molecule has 1 aromatic rings. The topological polar surface area (TPSA) is 64.3 Å². The fourth-order valence-corrected chi connectivity index (χ4v) is 3.64. The number of likely N-dealkylation sites (tertiary alicyclic amines) is 1. The Bertz CT molecular complexity index is 573. The Hall–Kier alpha value is -2.02. The van der Waals surface area contributed by atoms with Crippen molar-refractivity contribution in [2.24, 2.45) is 4.99 Å². The molecule has 2 aliphatic heterocycles. The zero-order valence-corrected chi connectivity index (χ0v) is 15.8. The molecule has 1 aromatic heterocycles. The predicted octanol–water partition coefficient (Wildman–Crippen LogP) is 1.03. The van der Waals surface area contributed by atoms with Crippen molar-refractivity contribution in [3.05, 3.63) is 24.2 Å². The van der Waals surface area contributed by atoms with E-state index in [1.165, 1.54) is 6.42 Å². The smallest absolute Gasteiger partial charge is 0.236 e. The zero-order valence-electron chi connectivity index (χ0n) is 15.8. The first kappa shape index (κ1) is 18.8. The molecular formula is C19H31N5O2. The molecule has 0 unspecified atom stereocenters. The van der Waals surface area contributed by atoms with E-state index >= 15 is 0 Å². The monoisotopic (exact) mass is 361 g/mol. The summed E-state index contributed by atoms with van der Waals surface area (Å²) in [7, 11) is 1.82. The van der Waals surface area contributed by atoms with Crippen LogP contribution < -0.4 is 5.32 Å². The van der Waals surface area contributed by atoms with Crippen LogP contribution in [0.5, 0.6) is 0 Å². The Morgan fingerprint density at radius 3 is 2.54 bits per heavy atom. The highest BCUT2D eigenvalue weighted by atomic mass is 16.3. The highest BCUT2D eigenvalue weighted by Gasteiger charge is 2.23. The van der Waals surface area contributed by atoms with Crippen molar-refractivity contribution in [1.29, 1.82) is 0 Å². The molecule has 0 aromatic carbocycles. The van der Waals surface area contributed by atoms with Crippen molar-refractivity contribution in [1.82, 2.24) is 20.0 Å². The number of piperazine rings is 1. The number of rotatable bonds is 5. The number of nitrogens with zero attached hydrogens (tertiary/aromatic N) is 4. The quantitative estimate of drug-likeness (QED) is 0.627. The Balaban J connectivity index is 1.38. The van der Waals surface area contributed by atoms with Gasteiger partial charge in [0.05, 0.1) is 12.8 Å². The number of amides is 1. The number of carbonyl (C=O) groups excluding carboxylic acids is 1. The minimum Gasteiger partial charge on any atom is -0.469 e. The van der Waals surface area contributed by atoms with Crippen molar-refractivity contribution in [3.63, 3.8) is 0 Å². The van der Waals surface area contributed by atoms with Gasteiger partial charge < -0.3 is 19.5 Å². The molecular weight excluding hydrogens is 330 g/mol. The number of carbonyl (C=O) groups is 1. The summed E-state index contributed by atoms with van der Waals surface area (Å²) in [5.74, 6) is 2.20. The van der Waals surface area contributed by atoms with Gasteiger partial charge in [-0.3, -0.25) is 14.7 Å². The molecule has 0 atom stereocenters. The summed E-state index contributed by atoms with van der Waals surface area (Å²) in [4.78, 5) is 23.4. The van der Waals surface area contributed by atoms with E-state index in [0.717, 1.165) is 76.8 Å². The zero-order chi connectivity index (χ0) is 18.2. The van der Waals surface area contributed by atoms with Crippen molar-refractivity contribution in [3.8, 4) is 0 Å². The number of furan rings is 1. The van der Waals surface area contributed by atoms with E-state index in [1.807, 2.05) is 24.1 Å². The molecule has 2 aliphatic rings. The predicted molar refractivity (Wildman–Crippen MR) is 102 cm³/mol.